The number of fused-ring (bicyclic) bond motifs is 1. The second-order valence-electron chi connectivity index (χ2n) is 9.46. The molecule has 2 heterocycles. The van der Waals surface area contributed by atoms with Crippen LogP contribution in [0.25, 0.3) is 11.0 Å². The topological polar surface area (TPSA) is 66.1 Å². The molecule has 1 amide bonds. The SMILES string of the molecule is Cc1ccc2c(=O)c(C(=O)N(C)CC34CC5CC(CC(C5)C3)C4)c[nH]c2n1. The van der Waals surface area contributed by atoms with Gasteiger partial charge in [-0.1, -0.05) is 0 Å². The fraction of sp³-hybridized carbons (Fsp3) is 0.591. The predicted molar refractivity (Wildman–Crippen MR) is 105 cm³/mol. The van der Waals surface area contributed by atoms with E-state index in [1.165, 1.54) is 44.7 Å². The van der Waals surface area contributed by atoms with E-state index in [0.29, 0.717) is 11.0 Å². The first-order chi connectivity index (χ1) is 12.9. The highest BCUT2D eigenvalue weighted by atomic mass is 16.2. The lowest BCUT2D eigenvalue weighted by molar-refractivity contribution is -0.0629. The second kappa shape index (κ2) is 5.91. The molecule has 0 saturated heterocycles. The molecule has 5 nitrogen and oxygen atoms in total. The second-order valence-corrected chi connectivity index (χ2v) is 9.46. The number of carbonyl (C=O) groups excluding carboxylic acids is 1. The zero-order valence-electron chi connectivity index (χ0n) is 16.1. The number of nitrogens with zero attached hydrogens (tertiary/aromatic N) is 2. The lowest BCUT2D eigenvalue weighted by atomic mass is 9.49. The summed E-state index contributed by atoms with van der Waals surface area (Å²) in [6, 6.07) is 3.57. The Bertz CT molecular complexity index is 942. The molecule has 1 N–H and O–H groups in total. The van der Waals surface area contributed by atoms with Gasteiger partial charge in [-0.15, -0.1) is 0 Å². The molecule has 4 aliphatic rings. The molecule has 2 aromatic heterocycles. The highest BCUT2D eigenvalue weighted by Gasteiger charge is 2.51. The van der Waals surface area contributed by atoms with Crippen molar-refractivity contribution < 1.29 is 4.79 Å². The van der Waals surface area contributed by atoms with Crippen LogP contribution in [0.15, 0.2) is 23.1 Å². The molecule has 4 fully saturated rings. The van der Waals surface area contributed by atoms with Gasteiger partial charge in [-0.3, -0.25) is 9.59 Å². The van der Waals surface area contributed by atoms with Crippen molar-refractivity contribution in [3.05, 3.63) is 39.8 Å². The first-order valence-electron chi connectivity index (χ1n) is 10.2. The van der Waals surface area contributed by atoms with E-state index in [9.17, 15) is 9.59 Å². The summed E-state index contributed by atoms with van der Waals surface area (Å²) in [6.07, 6.45) is 9.50. The van der Waals surface area contributed by atoms with Gasteiger partial charge >= 0.3 is 0 Å². The molecule has 27 heavy (non-hydrogen) atoms. The van der Waals surface area contributed by atoms with E-state index < -0.39 is 0 Å². The number of rotatable bonds is 3. The summed E-state index contributed by atoms with van der Waals surface area (Å²) in [5, 5.41) is 0.481. The van der Waals surface area contributed by atoms with Crippen molar-refractivity contribution >= 4 is 16.9 Å². The lowest BCUT2D eigenvalue weighted by Crippen LogP contribution is -2.51. The Hall–Kier alpha value is -2.17. The van der Waals surface area contributed by atoms with E-state index in [-0.39, 0.29) is 22.3 Å². The van der Waals surface area contributed by atoms with E-state index in [2.05, 4.69) is 9.97 Å². The van der Waals surface area contributed by atoms with Crippen LogP contribution in [0.2, 0.25) is 0 Å². The number of pyridine rings is 2. The summed E-state index contributed by atoms with van der Waals surface area (Å²) >= 11 is 0. The van der Waals surface area contributed by atoms with E-state index in [0.717, 1.165) is 30.0 Å². The fourth-order valence-electron chi connectivity index (χ4n) is 6.62. The minimum absolute atomic E-state index is 0.172. The van der Waals surface area contributed by atoms with Crippen molar-refractivity contribution in [2.75, 3.05) is 13.6 Å². The third kappa shape index (κ3) is 2.79. The van der Waals surface area contributed by atoms with Crippen molar-refractivity contribution in [1.29, 1.82) is 0 Å². The first kappa shape index (κ1) is 17.0. The maximum absolute atomic E-state index is 13.1. The number of aromatic nitrogens is 2. The Morgan fingerprint density at radius 1 is 1.19 bits per heavy atom. The smallest absolute Gasteiger partial charge is 0.259 e. The first-order valence-corrected chi connectivity index (χ1v) is 10.2. The third-order valence-electron chi connectivity index (χ3n) is 7.19. The summed E-state index contributed by atoms with van der Waals surface area (Å²) in [7, 11) is 1.86. The molecule has 6 rings (SSSR count). The van der Waals surface area contributed by atoms with Crippen LogP contribution in [0.4, 0.5) is 0 Å². The van der Waals surface area contributed by atoms with Crippen molar-refractivity contribution in [2.24, 2.45) is 23.2 Å². The van der Waals surface area contributed by atoms with Gasteiger partial charge in [-0.25, -0.2) is 4.98 Å². The van der Waals surface area contributed by atoms with Gasteiger partial charge in [0, 0.05) is 25.5 Å². The minimum atomic E-state index is -0.224. The van der Waals surface area contributed by atoms with Crippen LogP contribution in [0.5, 0.6) is 0 Å². The molecule has 2 aromatic rings. The number of aryl methyl sites for hydroxylation is 1. The van der Waals surface area contributed by atoms with Crippen molar-refractivity contribution in [3.63, 3.8) is 0 Å². The molecular formula is C22H27N3O2. The molecule has 4 saturated carbocycles. The highest BCUT2D eigenvalue weighted by Crippen LogP contribution is 2.60. The molecule has 0 aromatic carbocycles. The van der Waals surface area contributed by atoms with Crippen molar-refractivity contribution in [3.8, 4) is 0 Å². The Morgan fingerprint density at radius 2 is 1.81 bits per heavy atom. The van der Waals surface area contributed by atoms with Crippen LogP contribution in [-0.4, -0.2) is 34.4 Å². The number of hydrogen-bond donors (Lipinski definition) is 1. The molecule has 4 bridgehead atoms. The van der Waals surface area contributed by atoms with Gasteiger partial charge in [0.15, 0.2) is 0 Å². The molecule has 0 spiro atoms. The molecule has 0 aliphatic heterocycles. The summed E-state index contributed by atoms with van der Waals surface area (Å²) in [5.41, 5.74) is 1.66. The van der Waals surface area contributed by atoms with E-state index in [1.54, 1.807) is 11.0 Å². The van der Waals surface area contributed by atoms with Gasteiger partial charge in [-0.05, 0) is 80.8 Å². The maximum Gasteiger partial charge on any atom is 0.259 e. The fourth-order valence-corrected chi connectivity index (χ4v) is 6.62. The number of aromatic amines is 1. The summed E-state index contributed by atoms with van der Waals surface area (Å²) in [4.78, 5) is 35.1. The molecular weight excluding hydrogens is 338 g/mol. The number of carbonyl (C=O) groups is 1. The Morgan fingerprint density at radius 3 is 2.44 bits per heavy atom. The average Bonchev–Trinajstić information content (AvgIpc) is 2.59. The average molecular weight is 365 g/mol. The Balaban J connectivity index is 1.41. The summed E-state index contributed by atoms with van der Waals surface area (Å²) in [6.45, 7) is 2.66. The number of nitrogens with one attached hydrogen (secondary N) is 1. The monoisotopic (exact) mass is 365 g/mol. The van der Waals surface area contributed by atoms with Crippen molar-refractivity contribution in [1.82, 2.24) is 14.9 Å². The molecule has 0 unspecified atom stereocenters. The van der Waals surface area contributed by atoms with E-state index >= 15 is 0 Å². The quantitative estimate of drug-likeness (QED) is 0.905. The van der Waals surface area contributed by atoms with Gasteiger partial charge in [0.1, 0.15) is 11.2 Å². The molecule has 4 aliphatic carbocycles. The van der Waals surface area contributed by atoms with Gasteiger partial charge in [-0.2, -0.15) is 0 Å². The van der Waals surface area contributed by atoms with Crippen LogP contribution in [0.3, 0.4) is 0 Å². The normalized spacial score (nSPS) is 31.4. The predicted octanol–water partition coefficient (Wildman–Crippen LogP) is 3.52. The van der Waals surface area contributed by atoms with Crippen LogP contribution < -0.4 is 5.43 Å². The molecule has 142 valence electrons. The lowest BCUT2D eigenvalue weighted by Gasteiger charge is -2.57. The summed E-state index contributed by atoms with van der Waals surface area (Å²) < 4.78 is 0. The largest absolute Gasteiger partial charge is 0.345 e. The highest BCUT2D eigenvalue weighted by molar-refractivity contribution is 5.96. The maximum atomic E-state index is 13.1. The number of H-pyrrole nitrogens is 1. The van der Waals surface area contributed by atoms with Crippen LogP contribution >= 0.6 is 0 Å². The third-order valence-corrected chi connectivity index (χ3v) is 7.19. The molecule has 0 radical (unpaired) electrons. The van der Waals surface area contributed by atoms with Crippen molar-refractivity contribution in [2.45, 2.75) is 45.4 Å². The Kier molecular flexibility index (Phi) is 3.72. The summed E-state index contributed by atoms with van der Waals surface area (Å²) in [5.74, 6) is 2.41. The number of hydrogen-bond acceptors (Lipinski definition) is 3. The molecule has 5 heteroatoms. The van der Waals surface area contributed by atoms with Gasteiger partial charge in [0.25, 0.3) is 5.91 Å². The van der Waals surface area contributed by atoms with Crippen LogP contribution in [0.1, 0.15) is 54.6 Å². The number of amides is 1. The van der Waals surface area contributed by atoms with E-state index in [1.807, 2.05) is 20.0 Å². The van der Waals surface area contributed by atoms with Crippen LogP contribution in [-0.2, 0) is 0 Å². The zero-order valence-corrected chi connectivity index (χ0v) is 16.1. The zero-order chi connectivity index (χ0) is 18.8. The van der Waals surface area contributed by atoms with Gasteiger partial charge in [0.2, 0.25) is 5.43 Å². The Labute approximate surface area is 159 Å². The molecule has 0 atom stereocenters. The van der Waals surface area contributed by atoms with Gasteiger partial charge < -0.3 is 9.88 Å². The minimum Gasteiger partial charge on any atom is -0.345 e. The standard InChI is InChI=1S/C22H27N3O2/c1-13-3-4-17-19(26)18(11-23-20(17)24-13)21(27)25(2)12-22-8-14-5-15(9-22)7-16(6-14)10-22/h3-4,11,14-16H,5-10,12H2,1-2H3,(H,23,24,26). The van der Waals surface area contributed by atoms with Crippen LogP contribution in [0, 0.1) is 30.1 Å². The van der Waals surface area contributed by atoms with Gasteiger partial charge in [0.05, 0.1) is 5.39 Å². The van der Waals surface area contributed by atoms with E-state index in [4.69, 9.17) is 0 Å².